The van der Waals surface area contributed by atoms with Gasteiger partial charge in [0.1, 0.15) is 0 Å². The number of nitrogens with zero attached hydrogens (tertiary/aromatic N) is 3. The number of piperidine rings is 1. The Balaban J connectivity index is 2.08. The van der Waals surface area contributed by atoms with Crippen LogP contribution in [0.25, 0.3) is 0 Å². The standard InChI is InChI=1S/C13H28N4O2S/c1-14-10-12-6-4-5-8-17(12)20(18,19)16-9-7-13(11-16)15(2)3/h12-14H,4-11H2,1-3H3. The van der Waals surface area contributed by atoms with Crippen LogP contribution in [0.15, 0.2) is 0 Å². The molecule has 118 valence electrons. The zero-order valence-corrected chi connectivity index (χ0v) is 13.7. The third-order valence-electron chi connectivity index (χ3n) is 4.49. The van der Waals surface area contributed by atoms with E-state index in [4.69, 9.17) is 0 Å². The predicted molar refractivity (Wildman–Crippen MR) is 80.9 cm³/mol. The average molecular weight is 304 g/mol. The van der Waals surface area contributed by atoms with Gasteiger partial charge in [0.15, 0.2) is 0 Å². The highest BCUT2D eigenvalue weighted by Gasteiger charge is 2.39. The summed E-state index contributed by atoms with van der Waals surface area (Å²) in [6.45, 7) is 2.67. The molecule has 0 aromatic rings. The Morgan fingerprint density at radius 3 is 2.55 bits per heavy atom. The fourth-order valence-corrected chi connectivity index (χ4v) is 5.12. The van der Waals surface area contributed by atoms with Gasteiger partial charge in [-0.2, -0.15) is 17.0 Å². The van der Waals surface area contributed by atoms with Crippen LogP contribution in [-0.4, -0.2) is 81.3 Å². The Bertz CT molecular complexity index is 411. The summed E-state index contributed by atoms with van der Waals surface area (Å²) >= 11 is 0. The molecule has 0 aromatic heterocycles. The van der Waals surface area contributed by atoms with Gasteiger partial charge < -0.3 is 10.2 Å². The number of hydrogen-bond acceptors (Lipinski definition) is 4. The molecule has 2 aliphatic rings. The van der Waals surface area contributed by atoms with Crippen LogP contribution in [0.4, 0.5) is 0 Å². The van der Waals surface area contributed by atoms with E-state index in [-0.39, 0.29) is 6.04 Å². The highest BCUT2D eigenvalue weighted by atomic mass is 32.2. The van der Waals surface area contributed by atoms with E-state index in [9.17, 15) is 8.42 Å². The summed E-state index contributed by atoms with van der Waals surface area (Å²) in [6, 6.07) is 0.453. The number of rotatable bonds is 5. The third-order valence-corrected chi connectivity index (χ3v) is 6.55. The largest absolute Gasteiger partial charge is 0.318 e. The van der Waals surface area contributed by atoms with Crippen molar-refractivity contribution in [2.75, 3.05) is 47.3 Å². The van der Waals surface area contributed by atoms with Crippen LogP contribution in [0.2, 0.25) is 0 Å². The minimum Gasteiger partial charge on any atom is -0.318 e. The molecule has 0 aromatic carbocycles. The molecular weight excluding hydrogens is 276 g/mol. The first-order valence-electron chi connectivity index (χ1n) is 7.54. The maximum absolute atomic E-state index is 12.8. The Kier molecular flexibility index (Phi) is 5.42. The Labute approximate surface area is 123 Å². The smallest absolute Gasteiger partial charge is 0.282 e. The molecule has 2 fully saturated rings. The summed E-state index contributed by atoms with van der Waals surface area (Å²) in [5.41, 5.74) is 0. The lowest BCUT2D eigenvalue weighted by Crippen LogP contribution is -2.53. The third kappa shape index (κ3) is 3.33. The summed E-state index contributed by atoms with van der Waals surface area (Å²) < 4.78 is 29.1. The van der Waals surface area contributed by atoms with Crippen molar-refractivity contribution < 1.29 is 8.42 Å². The van der Waals surface area contributed by atoms with Gasteiger partial charge in [-0.25, -0.2) is 0 Å². The first-order valence-corrected chi connectivity index (χ1v) is 8.94. The van der Waals surface area contributed by atoms with Crippen LogP contribution in [0, 0.1) is 0 Å². The highest BCUT2D eigenvalue weighted by Crippen LogP contribution is 2.25. The van der Waals surface area contributed by atoms with E-state index in [0.717, 1.165) is 32.2 Å². The van der Waals surface area contributed by atoms with E-state index in [1.54, 1.807) is 8.61 Å². The van der Waals surface area contributed by atoms with Gasteiger partial charge >= 0.3 is 0 Å². The Hall–Kier alpha value is -0.210. The lowest BCUT2D eigenvalue weighted by molar-refractivity contribution is 0.230. The van der Waals surface area contributed by atoms with Crippen molar-refractivity contribution in [3.63, 3.8) is 0 Å². The molecule has 1 N–H and O–H groups in total. The van der Waals surface area contributed by atoms with Crippen molar-refractivity contribution in [3.05, 3.63) is 0 Å². The SMILES string of the molecule is CNCC1CCCCN1S(=O)(=O)N1CCC(N(C)C)C1. The summed E-state index contributed by atoms with van der Waals surface area (Å²) in [5.74, 6) is 0. The fourth-order valence-electron chi connectivity index (χ4n) is 3.21. The molecule has 7 heteroatoms. The van der Waals surface area contributed by atoms with E-state index in [1.165, 1.54) is 0 Å². The Morgan fingerprint density at radius 2 is 1.95 bits per heavy atom. The lowest BCUT2D eigenvalue weighted by atomic mass is 10.1. The molecule has 0 saturated carbocycles. The molecule has 20 heavy (non-hydrogen) atoms. The van der Waals surface area contributed by atoms with Crippen LogP contribution in [0.3, 0.4) is 0 Å². The van der Waals surface area contributed by atoms with Crippen molar-refractivity contribution in [2.24, 2.45) is 0 Å². The van der Waals surface area contributed by atoms with E-state index in [1.807, 2.05) is 21.1 Å². The van der Waals surface area contributed by atoms with E-state index in [2.05, 4.69) is 10.2 Å². The number of likely N-dealkylation sites (N-methyl/N-ethyl adjacent to an activating group) is 2. The molecule has 2 saturated heterocycles. The fraction of sp³-hybridized carbons (Fsp3) is 1.00. The molecule has 2 aliphatic heterocycles. The van der Waals surface area contributed by atoms with Crippen molar-refractivity contribution in [1.29, 1.82) is 0 Å². The molecule has 2 unspecified atom stereocenters. The van der Waals surface area contributed by atoms with E-state index in [0.29, 0.717) is 25.7 Å². The predicted octanol–water partition coefficient (Wildman–Crippen LogP) is -0.0590. The molecule has 2 rings (SSSR count). The first kappa shape index (κ1) is 16.2. The van der Waals surface area contributed by atoms with Crippen LogP contribution < -0.4 is 5.32 Å². The van der Waals surface area contributed by atoms with Crippen LogP contribution in [0.5, 0.6) is 0 Å². The zero-order valence-electron chi connectivity index (χ0n) is 12.9. The molecule has 0 amide bonds. The lowest BCUT2D eigenvalue weighted by Gasteiger charge is -2.37. The molecular formula is C13H28N4O2S. The number of nitrogens with one attached hydrogen (secondary N) is 1. The maximum atomic E-state index is 12.8. The Morgan fingerprint density at radius 1 is 1.20 bits per heavy atom. The first-order chi connectivity index (χ1) is 9.46. The second kappa shape index (κ2) is 6.70. The van der Waals surface area contributed by atoms with E-state index >= 15 is 0 Å². The van der Waals surface area contributed by atoms with Gasteiger partial charge in [0.25, 0.3) is 10.2 Å². The van der Waals surface area contributed by atoms with Gasteiger partial charge in [0, 0.05) is 38.3 Å². The van der Waals surface area contributed by atoms with Crippen LogP contribution in [-0.2, 0) is 10.2 Å². The average Bonchev–Trinajstić information content (AvgIpc) is 2.90. The van der Waals surface area contributed by atoms with Crippen molar-refractivity contribution in [3.8, 4) is 0 Å². The maximum Gasteiger partial charge on any atom is 0.282 e. The zero-order chi connectivity index (χ0) is 14.8. The normalized spacial score (nSPS) is 30.2. The molecule has 0 bridgehead atoms. The molecule has 2 heterocycles. The quantitative estimate of drug-likeness (QED) is 0.773. The topological polar surface area (TPSA) is 55.9 Å². The van der Waals surface area contributed by atoms with Gasteiger partial charge in [-0.15, -0.1) is 0 Å². The van der Waals surface area contributed by atoms with Gasteiger partial charge in [0.05, 0.1) is 0 Å². The van der Waals surface area contributed by atoms with Gasteiger partial charge in [0.2, 0.25) is 0 Å². The van der Waals surface area contributed by atoms with Crippen molar-refractivity contribution in [1.82, 2.24) is 18.8 Å². The second-order valence-corrected chi connectivity index (χ2v) is 7.97. The molecule has 0 aliphatic carbocycles. The van der Waals surface area contributed by atoms with Crippen molar-refractivity contribution >= 4 is 10.2 Å². The minimum atomic E-state index is -3.30. The molecule has 2 atom stereocenters. The van der Waals surface area contributed by atoms with Gasteiger partial charge in [-0.1, -0.05) is 6.42 Å². The van der Waals surface area contributed by atoms with E-state index < -0.39 is 10.2 Å². The summed E-state index contributed by atoms with van der Waals surface area (Å²) in [7, 11) is 2.63. The number of hydrogen-bond donors (Lipinski definition) is 1. The van der Waals surface area contributed by atoms with Crippen LogP contribution in [0.1, 0.15) is 25.7 Å². The van der Waals surface area contributed by atoms with Gasteiger partial charge in [-0.3, -0.25) is 0 Å². The molecule has 6 nitrogen and oxygen atoms in total. The second-order valence-electron chi connectivity index (χ2n) is 6.09. The summed E-state index contributed by atoms with van der Waals surface area (Å²) in [5, 5.41) is 3.12. The highest BCUT2D eigenvalue weighted by molar-refractivity contribution is 7.86. The summed E-state index contributed by atoms with van der Waals surface area (Å²) in [6.07, 6.45) is 3.99. The summed E-state index contributed by atoms with van der Waals surface area (Å²) in [4.78, 5) is 2.12. The van der Waals surface area contributed by atoms with Crippen LogP contribution >= 0.6 is 0 Å². The minimum absolute atomic E-state index is 0.108. The monoisotopic (exact) mass is 304 g/mol. The van der Waals surface area contributed by atoms with Crippen molar-refractivity contribution in [2.45, 2.75) is 37.8 Å². The molecule has 0 radical (unpaired) electrons. The van der Waals surface area contributed by atoms with Gasteiger partial charge in [-0.05, 0) is 40.4 Å². The molecule has 0 spiro atoms.